The van der Waals surface area contributed by atoms with Crippen molar-refractivity contribution in [2.24, 2.45) is 0 Å². The van der Waals surface area contributed by atoms with E-state index in [1.54, 1.807) is 20.8 Å². The summed E-state index contributed by atoms with van der Waals surface area (Å²) in [6.07, 6.45) is 2.94. The molecule has 2 rings (SSSR count). The Labute approximate surface area is 116 Å². The number of aromatic nitrogens is 2. The Kier molecular flexibility index (Phi) is 3.45. The number of amides is 1. The molecule has 7 nitrogen and oxygen atoms in total. The second-order valence-corrected chi connectivity index (χ2v) is 6.03. The molecule has 1 heterocycles. The van der Waals surface area contributed by atoms with E-state index in [1.807, 2.05) is 0 Å². The van der Waals surface area contributed by atoms with Crippen molar-refractivity contribution in [2.75, 3.05) is 0 Å². The van der Waals surface area contributed by atoms with E-state index in [0.29, 0.717) is 18.5 Å². The van der Waals surface area contributed by atoms with Crippen LogP contribution < -0.4 is 5.32 Å². The minimum absolute atomic E-state index is 0.0840. The maximum absolute atomic E-state index is 11.9. The SMILES string of the molecule is CC(C)(C)OC(=O)NC1(c2[nH]ncc2C(=O)O)CCC1. The summed E-state index contributed by atoms with van der Waals surface area (Å²) in [6, 6.07) is 0. The first-order chi connectivity index (χ1) is 9.23. The molecule has 1 amide bonds. The lowest BCUT2D eigenvalue weighted by molar-refractivity contribution is 0.0365. The van der Waals surface area contributed by atoms with Crippen molar-refractivity contribution in [2.45, 2.75) is 51.2 Å². The number of carbonyl (C=O) groups is 2. The van der Waals surface area contributed by atoms with E-state index in [4.69, 9.17) is 9.84 Å². The number of carbonyl (C=O) groups excluding carboxylic acids is 1. The molecule has 20 heavy (non-hydrogen) atoms. The number of carboxylic acid groups (broad SMARTS) is 1. The smallest absolute Gasteiger partial charge is 0.408 e. The van der Waals surface area contributed by atoms with Crippen molar-refractivity contribution in [1.82, 2.24) is 15.5 Å². The lowest BCUT2D eigenvalue weighted by Gasteiger charge is -2.42. The van der Waals surface area contributed by atoms with Crippen LogP contribution in [0.4, 0.5) is 4.79 Å². The second-order valence-electron chi connectivity index (χ2n) is 6.03. The summed E-state index contributed by atoms with van der Waals surface area (Å²) in [5.74, 6) is -1.06. The molecule has 110 valence electrons. The van der Waals surface area contributed by atoms with Gasteiger partial charge in [-0.05, 0) is 40.0 Å². The molecule has 0 aromatic carbocycles. The van der Waals surface area contributed by atoms with Gasteiger partial charge in [-0.1, -0.05) is 0 Å². The Morgan fingerprint density at radius 3 is 2.55 bits per heavy atom. The van der Waals surface area contributed by atoms with Gasteiger partial charge >= 0.3 is 12.1 Å². The number of nitrogens with one attached hydrogen (secondary N) is 2. The zero-order valence-electron chi connectivity index (χ0n) is 11.8. The van der Waals surface area contributed by atoms with Crippen LogP contribution in [0.1, 0.15) is 56.1 Å². The summed E-state index contributed by atoms with van der Waals surface area (Å²) in [5.41, 5.74) is -0.798. The van der Waals surface area contributed by atoms with Crippen LogP contribution in [0.2, 0.25) is 0 Å². The summed E-state index contributed by atoms with van der Waals surface area (Å²) in [7, 11) is 0. The maximum atomic E-state index is 11.9. The van der Waals surface area contributed by atoms with E-state index >= 15 is 0 Å². The Hall–Kier alpha value is -2.05. The predicted octanol–water partition coefficient (Wildman–Crippen LogP) is 2.01. The molecule has 0 unspecified atom stereocenters. The van der Waals surface area contributed by atoms with Gasteiger partial charge in [0.2, 0.25) is 0 Å². The average molecular weight is 281 g/mol. The van der Waals surface area contributed by atoms with Gasteiger partial charge in [0, 0.05) is 0 Å². The summed E-state index contributed by atoms with van der Waals surface area (Å²) in [4.78, 5) is 23.1. The lowest BCUT2D eigenvalue weighted by Crippen LogP contribution is -2.53. The largest absolute Gasteiger partial charge is 0.478 e. The zero-order valence-corrected chi connectivity index (χ0v) is 11.8. The minimum atomic E-state index is -1.06. The van der Waals surface area contributed by atoms with Gasteiger partial charge in [0.1, 0.15) is 11.2 Å². The number of aromatic carboxylic acids is 1. The van der Waals surface area contributed by atoms with Gasteiger partial charge in [0.05, 0.1) is 17.4 Å². The number of hydrogen-bond donors (Lipinski definition) is 3. The average Bonchev–Trinajstić information content (AvgIpc) is 2.69. The molecule has 1 saturated carbocycles. The van der Waals surface area contributed by atoms with E-state index in [-0.39, 0.29) is 5.56 Å². The van der Waals surface area contributed by atoms with Crippen LogP contribution in [0.25, 0.3) is 0 Å². The number of H-pyrrole nitrogens is 1. The van der Waals surface area contributed by atoms with Crippen LogP contribution in [-0.4, -0.2) is 33.0 Å². The van der Waals surface area contributed by atoms with Gasteiger partial charge < -0.3 is 15.2 Å². The van der Waals surface area contributed by atoms with Crippen LogP contribution in [0.15, 0.2) is 6.20 Å². The molecular weight excluding hydrogens is 262 g/mol. The molecule has 0 radical (unpaired) electrons. The molecule has 1 fully saturated rings. The third-order valence-electron chi connectivity index (χ3n) is 3.30. The first-order valence-corrected chi connectivity index (χ1v) is 6.52. The Balaban J connectivity index is 2.20. The standard InChI is InChI=1S/C13H19N3O4/c1-12(2,3)20-11(19)15-13(5-4-6-13)9-8(10(17)18)7-14-16-9/h7H,4-6H2,1-3H3,(H,14,16)(H,15,19)(H,17,18). The molecule has 1 aliphatic rings. The number of hydrogen-bond acceptors (Lipinski definition) is 4. The number of aromatic amines is 1. The van der Waals surface area contributed by atoms with E-state index in [1.165, 1.54) is 6.20 Å². The lowest BCUT2D eigenvalue weighted by atomic mass is 9.73. The molecule has 7 heteroatoms. The van der Waals surface area contributed by atoms with Gasteiger partial charge in [-0.15, -0.1) is 0 Å². The summed E-state index contributed by atoms with van der Waals surface area (Å²) < 4.78 is 5.24. The highest BCUT2D eigenvalue weighted by Gasteiger charge is 2.44. The van der Waals surface area contributed by atoms with Crippen LogP contribution in [0, 0.1) is 0 Å². The molecule has 1 aromatic rings. The first-order valence-electron chi connectivity index (χ1n) is 6.52. The van der Waals surface area contributed by atoms with Crippen LogP contribution in [0.5, 0.6) is 0 Å². The number of carboxylic acids is 1. The van der Waals surface area contributed by atoms with Gasteiger partial charge in [0.25, 0.3) is 0 Å². The molecule has 0 bridgehead atoms. The first kappa shape index (κ1) is 14.4. The third-order valence-corrected chi connectivity index (χ3v) is 3.30. The third kappa shape index (κ3) is 2.76. The predicted molar refractivity (Wildman–Crippen MR) is 70.4 cm³/mol. The summed E-state index contributed by atoms with van der Waals surface area (Å²) in [6.45, 7) is 5.33. The van der Waals surface area contributed by atoms with Gasteiger partial charge in [-0.25, -0.2) is 9.59 Å². The highest BCUT2D eigenvalue weighted by atomic mass is 16.6. The monoisotopic (exact) mass is 281 g/mol. The van der Waals surface area contributed by atoms with Crippen LogP contribution in [0.3, 0.4) is 0 Å². The maximum Gasteiger partial charge on any atom is 0.408 e. The molecule has 0 aliphatic heterocycles. The van der Waals surface area contributed by atoms with Crippen LogP contribution >= 0.6 is 0 Å². The number of rotatable bonds is 3. The Bertz CT molecular complexity index is 526. The fraction of sp³-hybridized carbons (Fsp3) is 0.615. The van der Waals surface area contributed by atoms with E-state index in [2.05, 4.69) is 15.5 Å². The molecule has 0 saturated heterocycles. The minimum Gasteiger partial charge on any atom is -0.478 e. The fourth-order valence-corrected chi connectivity index (χ4v) is 2.28. The molecule has 0 spiro atoms. The highest BCUT2D eigenvalue weighted by molar-refractivity contribution is 5.89. The van der Waals surface area contributed by atoms with Gasteiger partial charge in [-0.3, -0.25) is 5.10 Å². The second kappa shape index (κ2) is 4.81. The van der Waals surface area contributed by atoms with Crippen molar-refractivity contribution in [3.63, 3.8) is 0 Å². The number of alkyl carbamates (subject to hydrolysis) is 1. The topological polar surface area (TPSA) is 104 Å². The van der Waals surface area contributed by atoms with E-state index in [9.17, 15) is 9.59 Å². The Morgan fingerprint density at radius 2 is 2.10 bits per heavy atom. The summed E-state index contributed by atoms with van der Waals surface area (Å²) >= 11 is 0. The molecule has 0 atom stereocenters. The molecular formula is C13H19N3O4. The molecule has 1 aromatic heterocycles. The number of nitrogens with zero attached hydrogens (tertiary/aromatic N) is 1. The molecule has 1 aliphatic carbocycles. The van der Waals surface area contributed by atoms with Crippen molar-refractivity contribution in [1.29, 1.82) is 0 Å². The number of ether oxygens (including phenoxy) is 1. The quantitative estimate of drug-likeness (QED) is 0.786. The van der Waals surface area contributed by atoms with Crippen molar-refractivity contribution in [3.8, 4) is 0 Å². The fourth-order valence-electron chi connectivity index (χ4n) is 2.28. The molecule has 3 N–H and O–H groups in total. The van der Waals surface area contributed by atoms with E-state index < -0.39 is 23.2 Å². The normalized spacial score (nSPS) is 17.1. The zero-order chi connectivity index (χ0) is 15.0. The Morgan fingerprint density at radius 1 is 1.45 bits per heavy atom. The van der Waals surface area contributed by atoms with Gasteiger partial charge in [-0.2, -0.15) is 5.10 Å². The van der Waals surface area contributed by atoms with E-state index in [0.717, 1.165) is 6.42 Å². The highest BCUT2D eigenvalue weighted by Crippen LogP contribution is 2.41. The van der Waals surface area contributed by atoms with Gasteiger partial charge in [0.15, 0.2) is 0 Å². The van der Waals surface area contributed by atoms with Crippen molar-refractivity contribution in [3.05, 3.63) is 17.5 Å². The van der Waals surface area contributed by atoms with Crippen molar-refractivity contribution >= 4 is 12.1 Å². The summed E-state index contributed by atoms with van der Waals surface area (Å²) in [5, 5.41) is 18.4. The van der Waals surface area contributed by atoms with Crippen LogP contribution in [-0.2, 0) is 10.3 Å². The van der Waals surface area contributed by atoms with Crippen molar-refractivity contribution < 1.29 is 19.4 Å².